The molecule has 3 aliphatic rings. The summed E-state index contributed by atoms with van der Waals surface area (Å²) in [7, 11) is 1.62. The van der Waals surface area contributed by atoms with Gasteiger partial charge in [0.15, 0.2) is 0 Å². The Morgan fingerprint density at radius 3 is 2.56 bits per heavy atom. The van der Waals surface area contributed by atoms with Crippen molar-refractivity contribution in [3.05, 3.63) is 53.6 Å². The summed E-state index contributed by atoms with van der Waals surface area (Å²) in [6, 6.07) is 13.2. The van der Waals surface area contributed by atoms with Gasteiger partial charge < -0.3 is 15.4 Å². The number of benzene rings is 2. The zero-order valence-corrected chi connectivity index (χ0v) is 18.6. The molecule has 2 aromatic carbocycles. The van der Waals surface area contributed by atoms with Gasteiger partial charge in [-0.05, 0) is 79.6 Å². The van der Waals surface area contributed by atoms with Crippen LogP contribution in [0, 0.1) is 11.8 Å². The topological polar surface area (TPSA) is 82.7 Å². The summed E-state index contributed by atoms with van der Waals surface area (Å²) in [5, 5.41) is 8.19. The second-order valence-corrected chi connectivity index (χ2v) is 9.20. The van der Waals surface area contributed by atoms with Crippen LogP contribution in [-0.4, -0.2) is 31.5 Å². The summed E-state index contributed by atoms with van der Waals surface area (Å²) in [4.78, 5) is 26.1. The average Bonchev–Trinajstić information content (AvgIpc) is 3.17. The Morgan fingerprint density at radius 1 is 1.09 bits per heavy atom. The van der Waals surface area contributed by atoms with Crippen molar-refractivity contribution in [3.63, 3.8) is 0 Å². The van der Waals surface area contributed by atoms with Gasteiger partial charge in [-0.3, -0.25) is 9.59 Å². The van der Waals surface area contributed by atoms with Crippen LogP contribution in [-0.2, 0) is 4.79 Å². The van der Waals surface area contributed by atoms with E-state index in [-0.39, 0.29) is 29.8 Å². The average molecular weight is 435 g/mol. The number of hydrazine groups is 1. The molecule has 2 unspecified atom stereocenters. The third kappa shape index (κ3) is 3.81. The molecule has 3 N–H and O–H groups in total. The number of hydrogen-bond donors (Lipinski definition) is 3. The number of anilines is 2. The van der Waals surface area contributed by atoms with Gasteiger partial charge in [-0.15, -0.1) is 0 Å². The van der Waals surface area contributed by atoms with Crippen LogP contribution >= 0.6 is 0 Å². The molecule has 0 bridgehead atoms. The van der Waals surface area contributed by atoms with Gasteiger partial charge in [0, 0.05) is 23.8 Å². The van der Waals surface area contributed by atoms with E-state index in [4.69, 9.17) is 4.74 Å². The lowest BCUT2D eigenvalue weighted by Gasteiger charge is -2.29. The van der Waals surface area contributed by atoms with Crippen LogP contribution in [0.25, 0.3) is 0 Å². The minimum atomic E-state index is -0.234. The van der Waals surface area contributed by atoms with Gasteiger partial charge in [0.1, 0.15) is 5.75 Å². The Labute approximate surface area is 188 Å². The molecule has 2 aliphatic heterocycles. The minimum absolute atomic E-state index is 0.0181. The van der Waals surface area contributed by atoms with Gasteiger partial charge in [-0.2, -0.15) is 0 Å². The number of fused-ring (bicyclic) bond motifs is 3. The number of hydrogen-bond acceptors (Lipinski definition) is 5. The van der Waals surface area contributed by atoms with Gasteiger partial charge in [0.2, 0.25) is 5.91 Å². The van der Waals surface area contributed by atoms with Crippen LogP contribution in [0.1, 0.15) is 54.6 Å². The summed E-state index contributed by atoms with van der Waals surface area (Å²) in [5.41, 5.74) is 6.71. The lowest BCUT2D eigenvalue weighted by atomic mass is 9.87. The van der Waals surface area contributed by atoms with E-state index in [1.54, 1.807) is 12.1 Å². The van der Waals surface area contributed by atoms with E-state index in [2.05, 4.69) is 23.0 Å². The van der Waals surface area contributed by atoms with Crippen LogP contribution in [0.3, 0.4) is 0 Å². The molecule has 2 fully saturated rings. The van der Waals surface area contributed by atoms with E-state index in [9.17, 15) is 9.59 Å². The first-order valence-electron chi connectivity index (χ1n) is 11.5. The maximum Gasteiger partial charge on any atom is 0.251 e. The monoisotopic (exact) mass is 434 g/mol. The number of methoxy groups -OCH3 is 1. The Bertz CT molecular complexity index is 1010. The molecular weight excluding hydrogens is 404 g/mol. The highest BCUT2D eigenvalue weighted by Crippen LogP contribution is 2.40. The van der Waals surface area contributed by atoms with Crippen molar-refractivity contribution in [2.24, 2.45) is 11.8 Å². The molecule has 2 amide bonds. The van der Waals surface area contributed by atoms with Crippen molar-refractivity contribution < 1.29 is 14.3 Å². The highest BCUT2D eigenvalue weighted by Gasteiger charge is 2.44. The summed E-state index contributed by atoms with van der Waals surface area (Å²) < 4.78 is 5.22. The van der Waals surface area contributed by atoms with Crippen LogP contribution in [0.2, 0.25) is 0 Å². The fourth-order valence-corrected chi connectivity index (χ4v) is 5.04. The Kier molecular flexibility index (Phi) is 5.51. The van der Waals surface area contributed by atoms with Crippen LogP contribution in [0.4, 0.5) is 11.4 Å². The van der Waals surface area contributed by atoms with Crippen molar-refractivity contribution >= 4 is 23.2 Å². The Morgan fingerprint density at radius 2 is 1.84 bits per heavy atom. The third-order valence-corrected chi connectivity index (χ3v) is 7.05. The van der Waals surface area contributed by atoms with Crippen molar-refractivity contribution in [3.8, 4) is 5.75 Å². The molecule has 7 nitrogen and oxygen atoms in total. The van der Waals surface area contributed by atoms with Crippen LogP contribution in [0.5, 0.6) is 5.75 Å². The zero-order valence-electron chi connectivity index (χ0n) is 18.6. The molecule has 1 saturated carbocycles. The third-order valence-electron chi connectivity index (χ3n) is 7.05. The van der Waals surface area contributed by atoms with Crippen molar-refractivity contribution in [1.29, 1.82) is 0 Å². The lowest BCUT2D eigenvalue weighted by Crippen LogP contribution is -2.37. The molecule has 7 heteroatoms. The second-order valence-electron chi connectivity index (χ2n) is 9.20. The maximum atomic E-state index is 13.1. The SMILES string of the molecule is COc1ccc(N2NC3c4cc(C(=O)NC5CCC(C)CC5)ccc4NCC3C2=O)cc1. The zero-order chi connectivity index (χ0) is 22.2. The van der Waals surface area contributed by atoms with E-state index < -0.39 is 0 Å². The Balaban J connectivity index is 1.35. The Hall–Kier alpha value is -3.06. The normalized spacial score (nSPS) is 26.7. The first-order chi connectivity index (χ1) is 15.5. The number of ether oxygens (including phenoxy) is 1. The molecule has 32 heavy (non-hydrogen) atoms. The van der Waals surface area contributed by atoms with E-state index in [0.717, 1.165) is 54.3 Å². The molecule has 2 atom stereocenters. The number of carbonyl (C=O) groups excluding carboxylic acids is 2. The van der Waals surface area contributed by atoms with Crippen molar-refractivity contribution in [2.75, 3.05) is 24.0 Å². The summed E-state index contributed by atoms with van der Waals surface area (Å²) in [5.74, 6) is 1.24. The summed E-state index contributed by atoms with van der Waals surface area (Å²) in [6.07, 6.45) is 4.40. The van der Waals surface area contributed by atoms with Crippen LogP contribution in [0.15, 0.2) is 42.5 Å². The number of amides is 2. The standard InChI is InChI=1S/C25H30N4O3/c1-15-3-6-17(7-4-15)27-24(30)16-5-12-22-20(13-16)23-21(14-26-22)25(31)29(28-23)18-8-10-19(32-2)11-9-18/h5,8-13,15,17,21,23,26,28H,3-4,6-7,14H2,1-2H3,(H,27,30). The predicted molar refractivity (Wildman–Crippen MR) is 124 cm³/mol. The number of nitrogens with one attached hydrogen (secondary N) is 3. The molecule has 0 spiro atoms. The molecule has 1 aliphatic carbocycles. The minimum Gasteiger partial charge on any atom is -0.497 e. The number of carbonyl (C=O) groups is 2. The first-order valence-corrected chi connectivity index (χ1v) is 11.5. The highest BCUT2D eigenvalue weighted by atomic mass is 16.5. The fraction of sp³-hybridized carbons (Fsp3) is 0.440. The molecular formula is C25H30N4O3. The van der Waals surface area contributed by atoms with Gasteiger partial charge in [-0.25, -0.2) is 10.4 Å². The molecule has 168 valence electrons. The molecule has 2 aromatic rings. The first kappa shape index (κ1) is 20.8. The second kappa shape index (κ2) is 8.47. The van der Waals surface area contributed by atoms with E-state index in [0.29, 0.717) is 12.1 Å². The number of nitrogens with zero attached hydrogens (tertiary/aromatic N) is 1. The largest absolute Gasteiger partial charge is 0.497 e. The van der Waals surface area contributed by atoms with Gasteiger partial charge in [-0.1, -0.05) is 6.92 Å². The van der Waals surface area contributed by atoms with E-state index in [1.165, 1.54) is 0 Å². The predicted octanol–water partition coefficient (Wildman–Crippen LogP) is 3.64. The van der Waals surface area contributed by atoms with Gasteiger partial charge >= 0.3 is 0 Å². The summed E-state index contributed by atoms with van der Waals surface area (Å²) >= 11 is 0. The fourth-order valence-electron chi connectivity index (χ4n) is 5.04. The molecule has 1 saturated heterocycles. The molecule has 5 rings (SSSR count). The van der Waals surface area contributed by atoms with Crippen LogP contribution < -0.4 is 25.8 Å². The van der Waals surface area contributed by atoms with Gasteiger partial charge in [0.05, 0.1) is 24.8 Å². The van der Waals surface area contributed by atoms with Gasteiger partial charge in [0.25, 0.3) is 5.91 Å². The molecule has 0 radical (unpaired) electrons. The summed E-state index contributed by atoms with van der Waals surface area (Å²) in [6.45, 7) is 2.83. The number of rotatable bonds is 4. The molecule has 0 aromatic heterocycles. The van der Waals surface area contributed by atoms with E-state index >= 15 is 0 Å². The smallest absolute Gasteiger partial charge is 0.251 e. The highest BCUT2D eigenvalue weighted by molar-refractivity contribution is 5.99. The maximum absolute atomic E-state index is 13.1. The van der Waals surface area contributed by atoms with Crippen molar-refractivity contribution in [2.45, 2.75) is 44.7 Å². The quantitative estimate of drug-likeness (QED) is 0.685. The van der Waals surface area contributed by atoms with Crippen molar-refractivity contribution in [1.82, 2.24) is 10.7 Å². The molecule has 2 heterocycles. The lowest BCUT2D eigenvalue weighted by molar-refractivity contribution is -0.120. The van der Waals surface area contributed by atoms with E-state index in [1.807, 2.05) is 42.5 Å².